The van der Waals surface area contributed by atoms with Gasteiger partial charge in [-0.1, -0.05) is 30.0 Å². The Morgan fingerprint density at radius 3 is 2.67 bits per heavy atom. The van der Waals surface area contributed by atoms with Gasteiger partial charge in [-0.3, -0.25) is 4.79 Å². The number of ether oxygens (including phenoxy) is 2. The standard InChI is InChI=1S/C24H22FN3O4S/c1-31-18-10-9-15(12-19(18)32-2)13-28-23(30)16-6-5-7-17(25)22(16)24(28)33-14-21(29)27-20-8-3-4-11-26-20/h3-12,30H,13-14H2,1-2H3,(H,26,27,29). The van der Waals surface area contributed by atoms with Gasteiger partial charge in [0.1, 0.15) is 11.6 Å². The van der Waals surface area contributed by atoms with E-state index >= 15 is 0 Å². The summed E-state index contributed by atoms with van der Waals surface area (Å²) in [5, 5.41) is 14.7. The molecule has 0 radical (unpaired) electrons. The molecule has 0 atom stereocenters. The van der Waals surface area contributed by atoms with Gasteiger partial charge in [-0.25, -0.2) is 9.37 Å². The van der Waals surface area contributed by atoms with Crippen molar-refractivity contribution in [2.75, 3.05) is 25.3 Å². The van der Waals surface area contributed by atoms with E-state index in [1.807, 2.05) is 6.07 Å². The molecule has 0 aliphatic rings. The summed E-state index contributed by atoms with van der Waals surface area (Å²) in [7, 11) is 3.09. The van der Waals surface area contributed by atoms with Crippen LogP contribution in [-0.4, -0.2) is 40.5 Å². The lowest BCUT2D eigenvalue weighted by molar-refractivity contribution is -0.113. The van der Waals surface area contributed by atoms with Gasteiger partial charge >= 0.3 is 0 Å². The third kappa shape index (κ3) is 4.73. The van der Waals surface area contributed by atoms with E-state index in [1.54, 1.807) is 67.4 Å². The monoisotopic (exact) mass is 467 g/mol. The van der Waals surface area contributed by atoms with Crippen LogP contribution in [0.25, 0.3) is 10.8 Å². The topological polar surface area (TPSA) is 85.6 Å². The lowest BCUT2D eigenvalue weighted by Crippen LogP contribution is -2.15. The fourth-order valence-corrected chi connectivity index (χ4v) is 4.51. The number of rotatable bonds is 8. The van der Waals surface area contributed by atoms with Crippen molar-refractivity contribution in [2.24, 2.45) is 0 Å². The first kappa shape index (κ1) is 22.5. The minimum atomic E-state index is -0.471. The number of fused-ring (bicyclic) bond motifs is 1. The van der Waals surface area contributed by atoms with Crippen molar-refractivity contribution < 1.29 is 23.8 Å². The average molecular weight is 468 g/mol. The number of carbonyl (C=O) groups excluding carboxylic acids is 1. The van der Waals surface area contributed by atoms with Crippen molar-refractivity contribution >= 4 is 34.3 Å². The molecule has 170 valence electrons. The highest BCUT2D eigenvalue weighted by Gasteiger charge is 2.21. The Balaban J connectivity index is 1.66. The predicted octanol–water partition coefficient (Wildman–Crippen LogP) is 4.68. The van der Waals surface area contributed by atoms with E-state index in [9.17, 15) is 14.3 Å². The molecule has 2 heterocycles. The summed E-state index contributed by atoms with van der Waals surface area (Å²) >= 11 is 1.14. The van der Waals surface area contributed by atoms with Crippen molar-refractivity contribution in [3.8, 4) is 17.4 Å². The molecule has 2 N–H and O–H groups in total. The van der Waals surface area contributed by atoms with Gasteiger partial charge in [-0.2, -0.15) is 0 Å². The van der Waals surface area contributed by atoms with Crippen LogP contribution in [0.5, 0.6) is 17.4 Å². The van der Waals surface area contributed by atoms with Gasteiger partial charge in [-0.05, 0) is 42.0 Å². The normalized spacial score (nSPS) is 10.9. The number of aromatic hydroxyl groups is 1. The van der Waals surface area contributed by atoms with Crippen molar-refractivity contribution in [1.82, 2.24) is 9.55 Å². The second kappa shape index (κ2) is 9.83. The van der Waals surface area contributed by atoms with E-state index in [0.29, 0.717) is 27.7 Å². The zero-order valence-corrected chi connectivity index (χ0v) is 18.9. The molecule has 9 heteroatoms. The first-order chi connectivity index (χ1) is 16.0. The molecule has 2 aromatic heterocycles. The van der Waals surface area contributed by atoms with Gasteiger partial charge in [0.25, 0.3) is 0 Å². The number of aromatic nitrogens is 2. The molecule has 0 aliphatic carbocycles. The minimum absolute atomic E-state index is 0.00932. The highest BCUT2D eigenvalue weighted by atomic mass is 32.2. The van der Waals surface area contributed by atoms with Crippen LogP contribution in [-0.2, 0) is 11.3 Å². The van der Waals surface area contributed by atoms with Gasteiger partial charge in [0, 0.05) is 11.6 Å². The SMILES string of the molecule is COc1ccc(Cn2c(O)c3cccc(F)c3c2SCC(=O)Nc2ccccn2)cc1OC. The van der Waals surface area contributed by atoms with E-state index in [1.165, 1.54) is 6.07 Å². The van der Waals surface area contributed by atoms with Gasteiger partial charge in [-0.15, -0.1) is 0 Å². The predicted molar refractivity (Wildman–Crippen MR) is 126 cm³/mol. The third-order valence-corrected chi connectivity index (χ3v) is 6.13. The van der Waals surface area contributed by atoms with E-state index in [0.717, 1.165) is 17.3 Å². The maximum absolute atomic E-state index is 14.8. The van der Waals surface area contributed by atoms with Crippen LogP contribution in [0.3, 0.4) is 0 Å². The number of hydrogen-bond acceptors (Lipinski definition) is 6. The Hall–Kier alpha value is -3.72. The number of methoxy groups -OCH3 is 2. The zero-order valence-electron chi connectivity index (χ0n) is 18.0. The third-order valence-electron chi connectivity index (χ3n) is 5.03. The molecule has 33 heavy (non-hydrogen) atoms. The average Bonchev–Trinajstić information content (AvgIpc) is 3.10. The van der Waals surface area contributed by atoms with Crippen LogP contribution in [0.2, 0.25) is 0 Å². The highest BCUT2D eigenvalue weighted by molar-refractivity contribution is 8.00. The summed E-state index contributed by atoms with van der Waals surface area (Å²) in [4.78, 5) is 16.5. The maximum Gasteiger partial charge on any atom is 0.235 e. The number of hydrogen-bond donors (Lipinski definition) is 2. The summed E-state index contributed by atoms with van der Waals surface area (Å²) in [6.45, 7) is 0.241. The molecule has 0 saturated carbocycles. The van der Waals surface area contributed by atoms with E-state index < -0.39 is 5.82 Å². The second-order valence-corrected chi connectivity index (χ2v) is 8.08. The van der Waals surface area contributed by atoms with Crippen molar-refractivity contribution in [3.63, 3.8) is 0 Å². The molecule has 0 fully saturated rings. The van der Waals surface area contributed by atoms with Crippen molar-refractivity contribution in [1.29, 1.82) is 0 Å². The number of benzene rings is 2. The highest BCUT2D eigenvalue weighted by Crippen LogP contribution is 2.40. The van der Waals surface area contributed by atoms with Crippen LogP contribution >= 0.6 is 11.8 Å². The number of thioether (sulfide) groups is 1. The van der Waals surface area contributed by atoms with Crippen molar-refractivity contribution in [3.05, 3.63) is 72.2 Å². The number of nitrogens with one attached hydrogen (secondary N) is 1. The molecule has 0 saturated heterocycles. The summed E-state index contributed by atoms with van der Waals surface area (Å²) in [6, 6.07) is 15.1. The maximum atomic E-state index is 14.8. The largest absolute Gasteiger partial charge is 0.494 e. The molecule has 0 aliphatic heterocycles. The molecule has 0 unspecified atom stereocenters. The number of anilines is 1. The zero-order chi connectivity index (χ0) is 23.4. The fourth-order valence-electron chi connectivity index (χ4n) is 3.51. The van der Waals surface area contributed by atoms with Gasteiger partial charge < -0.3 is 24.5 Å². The summed E-state index contributed by atoms with van der Waals surface area (Å²) < 4.78 is 27.0. The van der Waals surface area contributed by atoms with Gasteiger partial charge in [0.2, 0.25) is 5.91 Å². The van der Waals surface area contributed by atoms with Crippen LogP contribution in [0.1, 0.15) is 5.56 Å². The Bertz CT molecular complexity index is 1290. The molecular formula is C24H22FN3O4S. The van der Waals surface area contributed by atoms with E-state index in [-0.39, 0.29) is 29.5 Å². The lowest BCUT2D eigenvalue weighted by atomic mass is 10.2. The number of amides is 1. The van der Waals surface area contributed by atoms with Gasteiger partial charge in [0.05, 0.1) is 36.9 Å². The minimum Gasteiger partial charge on any atom is -0.494 e. The van der Waals surface area contributed by atoms with Crippen LogP contribution < -0.4 is 14.8 Å². The quantitative estimate of drug-likeness (QED) is 0.366. The molecule has 4 aromatic rings. The summed E-state index contributed by atoms with van der Waals surface area (Å²) in [5.74, 6) is 0.726. The molecule has 0 spiro atoms. The number of pyridine rings is 1. The molecular weight excluding hydrogens is 445 g/mol. The van der Waals surface area contributed by atoms with Crippen LogP contribution in [0.4, 0.5) is 10.2 Å². The second-order valence-electron chi connectivity index (χ2n) is 7.12. The molecule has 0 bridgehead atoms. The smallest absolute Gasteiger partial charge is 0.235 e. The molecule has 7 nitrogen and oxygen atoms in total. The van der Waals surface area contributed by atoms with Crippen LogP contribution in [0.15, 0.2) is 65.8 Å². The molecule has 2 aromatic carbocycles. The summed E-state index contributed by atoms with van der Waals surface area (Å²) in [5.41, 5.74) is 0.809. The fraction of sp³-hybridized carbons (Fsp3) is 0.167. The number of carbonyl (C=O) groups is 1. The Morgan fingerprint density at radius 2 is 1.94 bits per heavy atom. The first-order valence-corrected chi connectivity index (χ1v) is 11.0. The van der Waals surface area contributed by atoms with Crippen LogP contribution in [0, 0.1) is 5.82 Å². The lowest BCUT2D eigenvalue weighted by Gasteiger charge is -2.13. The summed E-state index contributed by atoms with van der Waals surface area (Å²) in [6.07, 6.45) is 1.58. The number of nitrogens with zero attached hydrogens (tertiary/aromatic N) is 2. The van der Waals surface area contributed by atoms with E-state index in [4.69, 9.17) is 9.47 Å². The van der Waals surface area contributed by atoms with Gasteiger partial charge in [0.15, 0.2) is 17.4 Å². The number of halogens is 1. The first-order valence-electron chi connectivity index (χ1n) is 10.1. The molecule has 4 rings (SSSR count). The Morgan fingerprint density at radius 1 is 1.12 bits per heavy atom. The Kier molecular flexibility index (Phi) is 6.69. The Labute approximate surface area is 194 Å². The molecule has 1 amide bonds. The van der Waals surface area contributed by atoms with Crippen molar-refractivity contribution in [2.45, 2.75) is 11.6 Å². The van der Waals surface area contributed by atoms with E-state index in [2.05, 4.69) is 10.3 Å².